The number of esters is 2. The van der Waals surface area contributed by atoms with Crippen LogP contribution in [0, 0.1) is 11.8 Å². The van der Waals surface area contributed by atoms with Crippen LogP contribution in [0.1, 0.15) is 78.9 Å². The summed E-state index contributed by atoms with van der Waals surface area (Å²) in [4.78, 5) is 24.5. The van der Waals surface area contributed by atoms with E-state index in [4.69, 9.17) is 9.47 Å². The molecular weight excluding hydrogens is 370 g/mol. The maximum Gasteiger partial charge on any atom is 0.311 e. The fraction of sp³-hybridized carbons (Fsp3) is 0.652. The van der Waals surface area contributed by atoms with Crippen LogP contribution >= 0.6 is 0 Å². The van der Waals surface area contributed by atoms with E-state index in [1.54, 1.807) is 18.2 Å². The standard InChI is InChI=1S/C23H37NO5/c1-7-16(5)11-22(26)28-20-10-9-18(19(25)14-24-15(3)4)13-21(20)29-23(27)12-17(6)8-2/h9-10,13,15-17,19,24-25H,7-8,11-12,14H2,1-6H3. The van der Waals surface area contributed by atoms with Crippen LogP contribution in [0.2, 0.25) is 0 Å². The molecule has 0 fully saturated rings. The van der Waals surface area contributed by atoms with E-state index >= 15 is 0 Å². The van der Waals surface area contributed by atoms with E-state index in [-0.39, 0.29) is 47.7 Å². The van der Waals surface area contributed by atoms with Gasteiger partial charge in [-0.05, 0) is 29.5 Å². The summed E-state index contributed by atoms with van der Waals surface area (Å²) in [7, 11) is 0. The molecule has 0 aromatic heterocycles. The molecule has 0 aliphatic heterocycles. The molecule has 0 saturated carbocycles. The molecule has 0 radical (unpaired) electrons. The third-order valence-electron chi connectivity index (χ3n) is 4.94. The number of nitrogens with one attached hydrogen (secondary N) is 1. The highest BCUT2D eigenvalue weighted by molar-refractivity contribution is 5.76. The van der Waals surface area contributed by atoms with Gasteiger partial charge in [-0.1, -0.05) is 60.5 Å². The van der Waals surface area contributed by atoms with Gasteiger partial charge < -0.3 is 19.9 Å². The molecule has 1 aromatic carbocycles. The van der Waals surface area contributed by atoms with Crippen molar-refractivity contribution in [2.24, 2.45) is 11.8 Å². The Balaban J connectivity index is 3.02. The van der Waals surface area contributed by atoms with Crippen LogP contribution < -0.4 is 14.8 Å². The monoisotopic (exact) mass is 407 g/mol. The molecule has 29 heavy (non-hydrogen) atoms. The lowest BCUT2D eigenvalue weighted by molar-refractivity contribution is -0.138. The van der Waals surface area contributed by atoms with Crippen LogP contribution in [-0.2, 0) is 9.59 Å². The molecule has 6 heteroatoms. The second kappa shape index (κ2) is 12.6. The van der Waals surface area contributed by atoms with Crippen LogP contribution in [0.5, 0.6) is 11.5 Å². The van der Waals surface area contributed by atoms with Crippen LogP contribution in [-0.4, -0.2) is 29.6 Å². The van der Waals surface area contributed by atoms with Crippen molar-refractivity contribution >= 4 is 11.9 Å². The van der Waals surface area contributed by atoms with Gasteiger partial charge in [0.2, 0.25) is 0 Å². The molecule has 0 aliphatic rings. The minimum absolute atomic E-state index is 0.164. The highest BCUT2D eigenvalue weighted by Crippen LogP contribution is 2.32. The SMILES string of the molecule is CCC(C)CC(=O)Oc1ccc(C(O)CNC(C)C)cc1OC(=O)CC(C)CC. The first kappa shape index (κ1) is 25.1. The molecule has 2 N–H and O–H groups in total. The van der Waals surface area contributed by atoms with Gasteiger partial charge in [0.15, 0.2) is 11.5 Å². The van der Waals surface area contributed by atoms with E-state index < -0.39 is 6.10 Å². The maximum absolute atomic E-state index is 12.3. The van der Waals surface area contributed by atoms with Gasteiger partial charge >= 0.3 is 11.9 Å². The predicted molar refractivity (Wildman–Crippen MR) is 114 cm³/mol. The molecule has 1 aromatic rings. The van der Waals surface area contributed by atoms with Crippen LogP contribution in [0.3, 0.4) is 0 Å². The van der Waals surface area contributed by atoms with Gasteiger partial charge in [-0.2, -0.15) is 0 Å². The van der Waals surface area contributed by atoms with E-state index in [9.17, 15) is 14.7 Å². The Bertz CT molecular complexity index is 659. The summed E-state index contributed by atoms with van der Waals surface area (Å²) in [5.41, 5.74) is 0.589. The predicted octanol–water partition coefficient (Wildman–Crippen LogP) is 4.40. The van der Waals surface area contributed by atoms with Gasteiger partial charge in [-0.25, -0.2) is 0 Å². The lowest BCUT2D eigenvalue weighted by atomic mass is 10.1. The fourth-order valence-electron chi connectivity index (χ4n) is 2.55. The van der Waals surface area contributed by atoms with Crippen LogP contribution in [0.25, 0.3) is 0 Å². The highest BCUT2D eigenvalue weighted by Gasteiger charge is 2.19. The van der Waals surface area contributed by atoms with Gasteiger partial charge in [0.05, 0.1) is 6.10 Å². The Labute approximate surface area is 175 Å². The van der Waals surface area contributed by atoms with Gasteiger partial charge in [0.25, 0.3) is 0 Å². The van der Waals surface area contributed by atoms with Crippen molar-refractivity contribution in [2.45, 2.75) is 79.4 Å². The number of carbonyl (C=O) groups is 2. The summed E-state index contributed by atoms with van der Waals surface area (Å²) in [6.07, 6.45) is 1.54. The maximum atomic E-state index is 12.3. The van der Waals surface area contributed by atoms with E-state index in [0.29, 0.717) is 18.5 Å². The first-order valence-electron chi connectivity index (χ1n) is 10.6. The van der Waals surface area contributed by atoms with Crippen molar-refractivity contribution in [1.82, 2.24) is 5.32 Å². The summed E-state index contributed by atoms with van der Waals surface area (Å²) in [6.45, 7) is 12.3. The number of hydrogen-bond donors (Lipinski definition) is 2. The van der Waals surface area contributed by atoms with Gasteiger partial charge in [0, 0.05) is 25.4 Å². The topological polar surface area (TPSA) is 84.9 Å². The average molecular weight is 408 g/mol. The van der Waals surface area contributed by atoms with E-state index in [1.807, 2.05) is 41.5 Å². The third kappa shape index (κ3) is 9.41. The summed E-state index contributed by atoms with van der Waals surface area (Å²) >= 11 is 0. The molecule has 0 aliphatic carbocycles. The minimum Gasteiger partial charge on any atom is -0.423 e. The smallest absolute Gasteiger partial charge is 0.311 e. The van der Waals surface area contributed by atoms with Crippen LogP contribution in [0.15, 0.2) is 18.2 Å². The van der Waals surface area contributed by atoms with Gasteiger partial charge in [0.1, 0.15) is 0 Å². The molecule has 164 valence electrons. The van der Waals surface area contributed by atoms with E-state index in [0.717, 1.165) is 12.8 Å². The zero-order valence-corrected chi connectivity index (χ0v) is 18.7. The Hall–Kier alpha value is -1.92. The molecule has 6 nitrogen and oxygen atoms in total. The lowest BCUT2D eigenvalue weighted by Gasteiger charge is -2.17. The molecule has 3 atom stereocenters. The molecule has 3 unspecified atom stereocenters. The van der Waals surface area contributed by atoms with Crippen molar-refractivity contribution < 1.29 is 24.2 Å². The van der Waals surface area contributed by atoms with Crippen molar-refractivity contribution in [3.05, 3.63) is 23.8 Å². The zero-order valence-electron chi connectivity index (χ0n) is 18.7. The number of aliphatic hydroxyl groups excluding tert-OH is 1. The molecule has 0 bridgehead atoms. The van der Waals surface area contributed by atoms with Crippen molar-refractivity contribution in [3.63, 3.8) is 0 Å². The van der Waals surface area contributed by atoms with Crippen molar-refractivity contribution in [3.8, 4) is 11.5 Å². The van der Waals surface area contributed by atoms with E-state index in [1.165, 1.54) is 0 Å². The van der Waals surface area contributed by atoms with Gasteiger partial charge in [-0.15, -0.1) is 0 Å². The molecule has 0 saturated heterocycles. The summed E-state index contributed by atoms with van der Waals surface area (Å²) in [6, 6.07) is 5.07. The molecule has 0 amide bonds. The summed E-state index contributed by atoms with van der Waals surface area (Å²) in [5, 5.41) is 13.6. The molecule has 1 rings (SSSR count). The molecular formula is C23H37NO5. The second-order valence-electron chi connectivity index (χ2n) is 8.17. The first-order valence-corrected chi connectivity index (χ1v) is 10.6. The molecule has 0 spiro atoms. The first-order chi connectivity index (χ1) is 13.7. The Morgan fingerprint density at radius 2 is 1.45 bits per heavy atom. The largest absolute Gasteiger partial charge is 0.423 e. The Kier molecular flexibility index (Phi) is 10.9. The Morgan fingerprint density at radius 1 is 0.931 bits per heavy atom. The third-order valence-corrected chi connectivity index (χ3v) is 4.94. The average Bonchev–Trinajstić information content (AvgIpc) is 2.66. The van der Waals surface area contributed by atoms with Crippen molar-refractivity contribution in [2.75, 3.05) is 6.54 Å². The normalized spacial score (nSPS) is 14.3. The number of rotatable bonds is 12. The number of carbonyl (C=O) groups excluding carboxylic acids is 2. The summed E-state index contributed by atoms with van der Waals surface area (Å²) < 4.78 is 11.0. The minimum atomic E-state index is -0.769. The number of aliphatic hydroxyl groups is 1. The summed E-state index contributed by atoms with van der Waals surface area (Å²) in [5.74, 6) is 0.0179. The number of ether oxygens (including phenoxy) is 2. The molecule has 0 heterocycles. The fourth-order valence-corrected chi connectivity index (χ4v) is 2.55. The van der Waals surface area contributed by atoms with E-state index in [2.05, 4.69) is 5.32 Å². The quantitative estimate of drug-likeness (QED) is 0.395. The lowest BCUT2D eigenvalue weighted by Crippen LogP contribution is -2.28. The second-order valence-corrected chi connectivity index (χ2v) is 8.17. The van der Waals surface area contributed by atoms with Gasteiger partial charge in [-0.3, -0.25) is 9.59 Å². The zero-order chi connectivity index (χ0) is 22.0. The highest BCUT2D eigenvalue weighted by atomic mass is 16.6. The number of benzene rings is 1. The van der Waals surface area contributed by atoms with Crippen molar-refractivity contribution in [1.29, 1.82) is 0 Å². The van der Waals surface area contributed by atoms with Crippen LogP contribution in [0.4, 0.5) is 0 Å². The number of hydrogen-bond acceptors (Lipinski definition) is 6. The Morgan fingerprint density at radius 3 is 1.93 bits per heavy atom.